The second kappa shape index (κ2) is 10.3. The molecular weight excluding hydrogens is 387 g/mol. The number of likely N-dealkylation sites (tertiary alicyclic amines) is 1. The van der Waals surface area contributed by atoms with E-state index in [1.165, 1.54) is 12.3 Å². The first-order valence-electron chi connectivity index (χ1n) is 9.66. The van der Waals surface area contributed by atoms with Crippen molar-refractivity contribution >= 4 is 11.9 Å². The highest BCUT2D eigenvalue weighted by atomic mass is 19.4. The highest BCUT2D eigenvalue weighted by molar-refractivity contribution is 5.81. The Labute approximate surface area is 168 Å². The number of aromatic nitrogens is 1. The van der Waals surface area contributed by atoms with E-state index in [9.17, 15) is 18.0 Å². The van der Waals surface area contributed by atoms with E-state index in [-0.39, 0.29) is 23.7 Å². The van der Waals surface area contributed by atoms with E-state index < -0.39 is 12.8 Å². The molecule has 0 bridgehead atoms. The van der Waals surface area contributed by atoms with Gasteiger partial charge in [0.2, 0.25) is 11.8 Å². The van der Waals surface area contributed by atoms with E-state index in [0.29, 0.717) is 25.6 Å². The number of pyridine rings is 1. The second-order valence-electron chi connectivity index (χ2n) is 7.17. The largest absolute Gasteiger partial charge is 0.468 e. The quantitative estimate of drug-likeness (QED) is 0.528. The van der Waals surface area contributed by atoms with E-state index in [1.807, 2.05) is 25.7 Å². The second-order valence-corrected chi connectivity index (χ2v) is 7.17. The van der Waals surface area contributed by atoms with Crippen molar-refractivity contribution in [3.63, 3.8) is 0 Å². The minimum absolute atomic E-state index is 0.0220. The van der Waals surface area contributed by atoms with Crippen LogP contribution in [0.3, 0.4) is 0 Å². The number of alkyl halides is 3. The Morgan fingerprint density at radius 3 is 2.76 bits per heavy atom. The van der Waals surface area contributed by atoms with E-state index >= 15 is 0 Å². The summed E-state index contributed by atoms with van der Waals surface area (Å²) in [7, 11) is 0. The zero-order chi connectivity index (χ0) is 21.4. The standard InChI is InChI=1S/C19H28F3N5O2/c1-4-23-18(26-15-7-8-27(11-15)17(28)13(2)3)25-10-14-5-6-16(24-9-14)29-12-19(20,21)22/h5-6,9,13,15H,4,7-8,10-12H2,1-3H3,(H2,23,25,26). The smallest absolute Gasteiger partial charge is 0.422 e. The van der Waals surface area contributed by atoms with Gasteiger partial charge in [0, 0.05) is 43.9 Å². The third kappa shape index (κ3) is 7.78. The summed E-state index contributed by atoms with van der Waals surface area (Å²) >= 11 is 0. The van der Waals surface area contributed by atoms with Gasteiger partial charge in [0.1, 0.15) is 0 Å². The number of rotatable bonds is 7. The van der Waals surface area contributed by atoms with E-state index in [1.54, 1.807) is 6.07 Å². The van der Waals surface area contributed by atoms with Gasteiger partial charge in [-0.1, -0.05) is 19.9 Å². The molecule has 2 rings (SSSR count). The van der Waals surface area contributed by atoms with Gasteiger partial charge in [0.05, 0.1) is 6.54 Å². The highest BCUT2D eigenvalue weighted by Crippen LogP contribution is 2.17. The summed E-state index contributed by atoms with van der Waals surface area (Å²) in [4.78, 5) is 22.3. The van der Waals surface area contributed by atoms with Crippen LogP contribution in [-0.2, 0) is 11.3 Å². The van der Waals surface area contributed by atoms with E-state index in [0.717, 1.165) is 18.5 Å². The van der Waals surface area contributed by atoms with Crippen LogP contribution in [0.4, 0.5) is 13.2 Å². The highest BCUT2D eigenvalue weighted by Gasteiger charge is 2.29. The molecular formula is C19H28F3N5O2. The predicted octanol–water partition coefficient (Wildman–Crippen LogP) is 2.33. The Hall–Kier alpha value is -2.52. The fourth-order valence-electron chi connectivity index (χ4n) is 2.87. The molecule has 1 aliphatic rings. The van der Waals surface area contributed by atoms with Crippen molar-refractivity contribution in [1.82, 2.24) is 20.5 Å². The van der Waals surface area contributed by atoms with Gasteiger partial charge in [-0.05, 0) is 18.9 Å². The summed E-state index contributed by atoms with van der Waals surface area (Å²) in [5.74, 6) is 0.663. The van der Waals surface area contributed by atoms with Gasteiger partial charge in [-0.25, -0.2) is 9.98 Å². The molecule has 162 valence electrons. The third-order valence-corrected chi connectivity index (χ3v) is 4.28. The van der Waals surface area contributed by atoms with Crippen LogP contribution in [0.2, 0.25) is 0 Å². The fourth-order valence-corrected chi connectivity index (χ4v) is 2.87. The number of nitrogens with zero attached hydrogens (tertiary/aromatic N) is 3. The first-order chi connectivity index (χ1) is 13.7. The maximum absolute atomic E-state index is 12.2. The maximum Gasteiger partial charge on any atom is 0.422 e. The van der Waals surface area contributed by atoms with Crippen LogP contribution in [0.1, 0.15) is 32.8 Å². The molecule has 1 amide bonds. The Bertz CT molecular complexity index is 692. The molecule has 1 unspecified atom stereocenters. The van der Waals surface area contributed by atoms with Crippen LogP contribution in [0.25, 0.3) is 0 Å². The van der Waals surface area contributed by atoms with Crippen LogP contribution in [0.15, 0.2) is 23.3 Å². The van der Waals surface area contributed by atoms with Gasteiger partial charge in [-0.15, -0.1) is 0 Å². The molecule has 1 aromatic heterocycles. The molecule has 1 aliphatic heterocycles. The van der Waals surface area contributed by atoms with Crippen molar-refractivity contribution in [3.8, 4) is 5.88 Å². The van der Waals surface area contributed by atoms with Crippen molar-refractivity contribution in [1.29, 1.82) is 0 Å². The van der Waals surface area contributed by atoms with Gasteiger partial charge < -0.3 is 20.3 Å². The molecule has 10 heteroatoms. The monoisotopic (exact) mass is 415 g/mol. The van der Waals surface area contributed by atoms with Crippen molar-refractivity contribution in [2.45, 2.75) is 46.0 Å². The van der Waals surface area contributed by atoms with E-state index in [4.69, 9.17) is 0 Å². The number of hydrogen-bond donors (Lipinski definition) is 2. The summed E-state index contributed by atoms with van der Waals surface area (Å²) in [5.41, 5.74) is 0.740. The van der Waals surface area contributed by atoms with Crippen LogP contribution < -0.4 is 15.4 Å². The number of hydrogen-bond acceptors (Lipinski definition) is 4. The molecule has 0 saturated carbocycles. The lowest BCUT2D eigenvalue weighted by Gasteiger charge is -2.20. The maximum atomic E-state index is 12.2. The molecule has 1 fully saturated rings. The van der Waals surface area contributed by atoms with Crippen molar-refractivity contribution in [2.75, 3.05) is 26.2 Å². The number of aliphatic imine (C=N–C) groups is 1. The molecule has 29 heavy (non-hydrogen) atoms. The zero-order valence-electron chi connectivity index (χ0n) is 16.9. The molecule has 2 N–H and O–H groups in total. The lowest BCUT2D eigenvalue weighted by Crippen LogP contribution is -2.45. The van der Waals surface area contributed by atoms with Gasteiger partial charge in [-0.3, -0.25) is 4.79 Å². The Morgan fingerprint density at radius 1 is 1.41 bits per heavy atom. The molecule has 1 saturated heterocycles. The molecule has 0 aromatic carbocycles. The summed E-state index contributed by atoms with van der Waals surface area (Å²) in [6, 6.07) is 3.14. The minimum Gasteiger partial charge on any atom is -0.468 e. The lowest BCUT2D eigenvalue weighted by molar-refractivity contribution is -0.154. The number of ether oxygens (including phenoxy) is 1. The van der Waals surface area contributed by atoms with Crippen LogP contribution in [0, 0.1) is 5.92 Å². The van der Waals surface area contributed by atoms with Crippen LogP contribution in [0.5, 0.6) is 5.88 Å². The van der Waals surface area contributed by atoms with Gasteiger partial charge in [-0.2, -0.15) is 13.2 Å². The molecule has 7 nitrogen and oxygen atoms in total. The molecule has 0 radical (unpaired) electrons. The first kappa shape index (κ1) is 22.8. The van der Waals surface area contributed by atoms with Crippen molar-refractivity contribution in [3.05, 3.63) is 23.9 Å². The summed E-state index contributed by atoms with van der Waals surface area (Å²) in [5, 5.41) is 6.49. The normalized spacial score (nSPS) is 17.6. The number of guanidine groups is 1. The minimum atomic E-state index is -4.40. The Kier molecular flexibility index (Phi) is 8.10. The number of halogens is 3. The Morgan fingerprint density at radius 2 is 2.17 bits per heavy atom. The van der Waals surface area contributed by atoms with Crippen LogP contribution >= 0.6 is 0 Å². The molecule has 0 aliphatic carbocycles. The first-order valence-corrected chi connectivity index (χ1v) is 9.66. The average molecular weight is 415 g/mol. The number of carbonyl (C=O) groups is 1. The summed E-state index contributed by atoms with van der Waals surface area (Å²) in [6.45, 7) is 6.70. The molecule has 1 aromatic rings. The molecule has 1 atom stereocenters. The Balaban J connectivity index is 1.89. The molecule has 0 spiro atoms. The number of amides is 1. The van der Waals surface area contributed by atoms with E-state index in [2.05, 4.69) is 25.3 Å². The van der Waals surface area contributed by atoms with Gasteiger partial charge in [0.25, 0.3) is 0 Å². The lowest BCUT2D eigenvalue weighted by atomic mass is 10.2. The summed E-state index contributed by atoms with van der Waals surface area (Å²) in [6.07, 6.45) is -2.11. The van der Waals surface area contributed by atoms with Crippen LogP contribution in [-0.4, -0.2) is 60.2 Å². The van der Waals surface area contributed by atoms with Gasteiger partial charge >= 0.3 is 6.18 Å². The average Bonchev–Trinajstić information content (AvgIpc) is 3.12. The SMILES string of the molecule is CCNC(=NCc1ccc(OCC(F)(F)F)nc1)NC1CCN(C(=O)C(C)C)C1. The zero-order valence-corrected chi connectivity index (χ0v) is 16.9. The summed E-state index contributed by atoms with van der Waals surface area (Å²) < 4.78 is 41.1. The third-order valence-electron chi connectivity index (χ3n) is 4.28. The van der Waals surface area contributed by atoms with Gasteiger partial charge in [0.15, 0.2) is 12.6 Å². The fraction of sp³-hybridized carbons (Fsp3) is 0.632. The van der Waals surface area contributed by atoms with Crippen molar-refractivity contribution < 1.29 is 22.7 Å². The predicted molar refractivity (Wildman–Crippen MR) is 104 cm³/mol. The van der Waals surface area contributed by atoms with Crippen molar-refractivity contribution in [2.24, 2.45) is 10.9 Å². The number of nitrogens with one attached hydrogen (secondary N) is 2. The topological polar surface area (TPSA) is 78.9 Å². The molecule has 2 heterocycles. The number of carbonyl (C=O) groups excluding carboxylic acids is 1.